The van der Waals surface area contributed by atoms with Crippen LogP contribution in [0, 0.1) is 34.5 Å². The molecule has 136 valence electrons. The van der Waals surface area contributed by atoms with Crippen molar-refractivity contribution < 1.29 is 14.6 Å². The lowest BCUT2D eigenvalue weighted by Crippen LogP contribution is -2.59. The van der Waals surface area contributed by atoms with Crippen LogP contribution in [0.25, 0.3) is 0 Å². The average molecular weight is 335 g/mol. The molecule has 5 rings (SSSR count). The quantitative estimate of drug-likeness (QED) is 0.724. The fourth-order valence-electron chi connectivity index (χ4n) is 7.98. The van der Waals surface area contributed by atoms with Gasteiger partial charge in [-0.25, -0.2) is 0 Å². The van der Waals surface area contributed by atoms with Crippen LogP contribution in [0.2, 0.25) is 0 Å². The Bertz CT molecular complexity index is 513. The highest BCUT2D eigenvalue weighted by Gasteiger charge is 2.62. The lowest BCUT2D eigenvalue weighted by atomic mass is 9.44. The number of ether oxygens (including phenoxy) is 2. The second-order valence-corrected chi connectivity index (χ2v) is 10.2. The van der Waals surface area contributed by atoms with Crippen LogP contribution in [0.15, 0.2) is 0 Å². The van der Waals surface area contributed by atoms with E-state index in [9.17, 15) is 5.11 Å². The van der Waals surface area contributed by atoms with Crippen LogP contribution in [0.5, 0.6) is 0 Å². The van der Waals surface area contributed by atoms with Gasteiger partial charge >= 0.3 is 0 Å². The summed E-state index contributed by atoms with van der Waals surface area (Å²) in [6.07, 6.45) is 11.0. The first kappa shape index (κ1) is 16.1. The van der Waals surface area contributed by atoms with Crippen molar-refractivity contribution in [2.45, 2.75) is 83.5 Å². The van der Waals surface area contributed by atoms with Crippen LogP contribution in [-0.4, -0.2) is 30.2 Å². The lowest BCUT2D eigenvalue weighted by molar-refractivity contribution is -0.247. The lowest BCUT2D eigenvalue weighted by Gasteiger charge is -2.62. The fraction of sp³-hybridized carbons (Fsp3) is 1.00. The second kappa shape index (κ2) is 5.20. The number of aliphatic hydroxyl groups is 1. The second-order valence-electron chi connectivity index (χ2n) is 10.2. The van der Waals surface area contributed by atoms with E-state index in [0.717, 1.165) is 50.2 Å². The SMILES string of the molecule is CC12CCCC1C1CC(O)C3CC4(CCC3(C)C1CC2)OCCO4. The minimum absolute atomic E-state index is 0.163. The zero-order valence-electron chi connectivity index (χ0n) is 15.4. The molecule has 0 aromatic rings. The van der Waals surface area contributed by atoms with Crippen molar-refractivity contribution in [2.24, 2.45) is 34.5 Å². The van der Waals surface area contributed by atoms with Crippen molar-refractivity contribution >= 4 is 0 Å². The van der Waals surface area contributed by atoms with Gasteiger partial charge in [0.05, 0.1) is 19.3 Å². The van der Waals surface area contributed by atoms with Gasteiger partial charge in [0, 0.05) is 12.8 Å². The van der Waals surface area contributed by atoms with Gasteiger partial charge in [-0.05, 0) is 73.0 Å². The number of fused-ring (bicyclic) bond motifs is 5. The predicted octanol–water partition coefficient (Wildman–Crippen LogP) is 4.13. The highest BCUT2D eigenvalue weighted by Crippen LogP contribution is 2.67. The molecule has 0 amide bonds. The van der Waals surface area contributed by atoms with E-state index in [1.807, 2.05) is 0 Å². The highest BCUT2D eigenvalue weighted by molar-refractivity contribution is 5.10. The Morgan fingerprint density at radius 1 is 0.875 bits per heavy atom. The molecule has 24 heavy (non-hydrogen) atoms. The Balaban J connectivity index is 1.45. The first-order chi connectivity index (χ1) is 11.5. The molecule has 7 atom stereocenters. The average Bonchev–Trinajstić information content (AvgIpc) is 3.16. The van der Waals surface area contributed by atoms with E-state index in [4.69, 9.17) is 9.47 Å². The van der Waals surface area contributed by atoms with Gasteiger partial charge in [-0.3, -0.25) is 0 Å². The Morgan fingerprint density at radius 2 is 1.67 bits per heavy atom. The topological polar surface area (TPSA) is 38.7 Å². The number of hydrogen-bond acceptors (Lipinski definition) is 3. The van der Waals surface area contributed by atoms with Crippen molar-refractivity contribution in [1.29, 1.82) is 0 Å². The molecule has 0 radical (unpaired) electrons. The van der Waals surface area contributed by atoms with Gasteiger partial charge in [0.1, 0.15) is 0 Å². The van der Waals surface area contributed by atoms with E-state index in [0.29, 0.717) is 11.3 Å². The summed E-state index contributed by atoms with van der Waals surface area (Å²) in [6, 6.07) is 0. The van der Waals surface area contributed by atoms with Crippen LogP contribution in [-0.2, 0) is 9.47 Å². The molecule has 5 aliphatic rings. The van der Waals surface area contributed by atoms with Crippen molar-refractivity contribution in [3.63, 3.8) is 0 Å². The van der Waals surface area contributed by atoms with Gasteiger partial charge in [-0.2, -0.15) is 0 Å². The fourth-order valence-corrected chi connectivity index (χ4v) is 7.98. The van der Waals surface area contributed by atoms with Crippen LogP contribution in [0.1, 0.15) is 71.6 Å². The monoisotopic (exact) mass is 334 g/mol. The molecule has 0 aromatic carbocycles. The molecule has 4 aliphatic carbocycles. The Kier molecular flexibility index (Phi) is 3.49. The first-order valence-electron chi connectivity index (χ1n) is 10.4. The summed E-state index contributed by atoms with van der Waals surface area (Å²) in [5.74, 6) is 2.41. The maximum atomic E-state index is 11.1. The van der Waals surface area contributed by atoms with Crippen LogP contribution < -0.4 is 0 Å². The molecule has 1 spiro atoms. The van der Waals surface area contributed by atoms with Crippen molar-refractivity contribution in [3.05, 3.63) is 0 Å². The minimum Gasteiger partial charge on any atom is -0.393 e. The summed E-state index contributed by atoms with van der Waals surface area (Å²) in [7, 11) is 0. The summed E-state index contributed by atoms with van der Waals surface area (Å²) < 4.78 is 12.0. The van der Waals surface area contributed by atoms with Crippen LogP contribution >= 0.6 is 0 Å². The molecule has 3 heteroatoms. The third-order valence-electron chi connectivity index (χ3n) is 9.28. The van der Waals surface area contributed by atoms with Gasteiger partial charge in [0.2, 0.25) is 0 Å². The summed E-state index contributed by atoms with van der Waals surface area (Å²) in [6.45, 7) is 6.49. The molecule has 1 N–H and O–H groups in total. The van der Waals surface area contributed by atoms with E-state index >= 15 is 0 Å². The van der Waals surface area contributed by atoms with E-state index in [2.05, 4.69) is 13.8 Å². The minimum atomic E-state index is -0.367. The van der Waals surface area contributed by atoms with E-state index < -0.39 is 0 Å². The number of aliphatic hydroxyl groups excluding tert-OH is 1. The Morgan fingerprint density at radius 3 is 2.46 bits per heavy atom. The van der Waals surface area contributed by atoms with Crippen LogP contribution in [0.4, 0.5) is 0 Å². The molecule has 7 unspecified atom stereocenters. The largest absolute Gasteiger partial charge is 0.393 e. The first-order valence-corrected chi connectivity index (χ1v) is 10.4. The zero-order chi connectivity index (χ0) is 16.6. The van der Waals surface area contributed by atoms with Gasteiger partial charge in [-0.15, -0.1) is 0 Å². The zero-order valence-corrected chi connectivity index (χ0v) is 15.4. The van der Waals surface area contributed by atoms with Gasteiger partial charge in [0.15, 0.2) is 5.79 Å². The summed E-state index contributed by atoms with van der Waals surface area (Å²) in [5.41, 5.74) is 0.852. The molecule has 0 bridgehead atoms. The molecule has 5 fully saturated rings. The summed E-state index contributed by atoms with van der Waals surface area (Å²) in [4.78, 5) is 0. The molecule has 3 nitrogen and oxygen atoms in total. The smallest absolute Gasteiger partial charge is 0.168 e. The number of hydrogen-bond donors (Lipinski definition) is 1. The molecular weight excluding hydrogens is 300 g/mol. The van der Waals surface area contributed by atoms with Gasteiger partial charge in [0.25, 0.3) is 0 Å². The summed E-state index contributed by atoms with van der Waals surface area (Å²) in [5, 5.41) is 11.1. The summed E-state index contributed by atoms with van der Waals surface area (Å²) >= 11 is 0. The normalized spacial score (nSPS) is 55.9. The maximum Gasteiger partial charge on any atom is 0.168 e. The third kappa shape index (κ3) is 2.07. The predicted molar refractivity (Wildman–Crippen MR) is 92.4 cm³/mol. The van der Waals surface area contributed by atoms with Gasteiger partial charge < -0.3 is 14.6 Å². The van der Waals surface area contributed by atoms with E-state index in [-0.39, 0.29) is 17.3 Å². The molecular formula is C21H34O3. The van der Waals surface area contributed by atoms with E-state index in [1.54, 1.807) is 0 Å². The Labute approximate surface area is 146 Å². The van der Waals surface area contributed by atoms with Crippen LogP contribution in [0.3, 0.4) is 0 Å². The van der Waals surface area contributed by atoms with E-state index in [1.165, 1.54) is 38.5 Å². The molecule has 1 aliphatic heterocycles. The number of rotatable bonds is 0. The molecule has 0 aromatic heterocycles. The highest BCUT2D eigenvalue weighted by atomic mass is 16.7. The van der Waals surface area contributed by atoms with Gasteiger partial charge in [-0.1, -0.05) is 20.3 Å². The maximum absolute atomic E-state index is 11.1. The van der Waals surface area contributed by atoms with Crippen molar-refractivity contribution in [1.82, 2.24) is 0 Å². The van der Waals surface area contributed by atoms with Crippen molar-refractivity contribution in [2.75, 3.05) is 13.2 Å². The third-order valence-corrected chi connectivity index (χ3v) is 9.28. The standard InChI is InChI=1S/C21H34O3/c1-19-6-3-4-15(19)14-12-18(22)17-13-21(23-10-11-24-21)9-8-20(17,2)16(14)5-7-19/h14-18,22H,3-13H2,1-2H3. The molecule has 1 heterocycles. The van der Waals surface area contributed by atoms with Crippen molar-refractivity contribution in [3.8, 4) is 0 Å². The molecule has 1 saturated heterocycles. The Hall–Kier alpha value is -0.120. The molecule has 4 saturated carbocycles.